The summed E-state index contributed by atoms with van der Waals surface area (Å²) in [5.74, 6) is 1.05. The third-order valence-electron chi connectivity index (χ3n) is 3.99. The van der Waals surface area contributed by atoms with E-state index in [0.717, 1.165) is 37.3 Å². The van der Waals surface area contributed by atoms with Crippen LogP contribution >= 0.6 is 0 Å². The standard InChI is InChI=1S/C15H24N2O3/c1-11-8-12(2)20-13(11)14(18)17-9-15(10-19-3)4-6-16-7-5-15/h8,16H,4-7,9-10H2,1-3H3,(H,17,18). The highest BCUT2D eigenvalue weighted by molar-refractivity contribution is 5.92. The lowest BCUT2D eigenvalue weighted by Crippen LogP contribution is -2.47. The molecule has 1 saturated heterocycles. The van der Waals surface area contributed by atoms with Crippen LogP contribution in [0.3, 0.4) is 0 Å². The second kappa shape index (κ2) is 6.41. The molecule has 0 atom stereocenters. The topological polar surface area (TPSA) is 63.5 Å². The largest absolute Gasteiger partial charge is 0.456 e. The minimum Gasteiger partial charge on any atom is -0.456 e. The van der Waals surface area contributed by atoms with Gasteiger partial charge in [-0.2, -0.15) is 0 Å². The second-order valence-electron chi connectivity index (χ2n) is 5.73. The third kappa shape index (κ3) is 3.41. The molecule has 2 heterocycles. The van der Waals surface area contributed by atoms with E-state index in [2.05, 4.69) is 10.6 Å². The van der Waals surface area contributed by atoms with Gasteiger partial charge in [0.1, 0.15) is 5.76 Å². The van der Waals surface area contributed by atoms with Gasteiger partial charge in [0.2, 0.25) is 0 Å². The minimum absolute atomic E-state index is 0.0329. The molecular weight excluding hydrogens is 256 g/mol. The Hall–Kier alpha value is -1.33. The molecule has 0 aromatic carbocycles. The number of aryl methyl sites for hydroxylation is 2. The summed E-state index contributed by atoms with van der Waals surface area (Å²) in [5.41, 5.74) is 0.914. The Balaban J connectivity index is 1.98. The molecule has 5 nitrogen and oxygen atoms in total. The Morgan fingerprint density at radius 2 is 2.15 bits per heavy atom. The molecule has 1 amide bonds. The highest BCUT2D eigenvalue weighted by atomic mass is 16.5. The third-order valence-corrected chi connectivity index (χ3v) is 3.99. The molecule has 1 fully saturated rings. The molecule has 112 valence electrons. The van der Waals surface area contributed by atoms with Crippen molar-refractivity contribution in [1.82, 2.24) is 10.6 Å². The summed E-state index contributed by atoms with van der Waals surface area (Å²) >= 11 is 0. The fraction of sp³-hybridized carbons (Fsp3) is 0.667. The first-order valence-electron chi connectivity index (χ1n) is 7.11. The maximum absolute atomic E-state index is 12.2. The number of carbonyl (C=O) groups excluding carboxylic acids is 1. The van der Waals surface area contributed by atoms with Crippen LogP contribution in [0, 0.1) is 19.3 Å². The first-order chi connectivity index (χ1) is 9.56. The summed E-state index contributed by atoms with van der Waals surface area (Å²) in [7, 11) is 1.71. The van der Waals surface area contributed by atoms with E-state index in [4.69, 9.17) is 9.15 Å². The van der Waals surface area contributed by atoms with Gasteiger partial charge in [0.15, 0.2) is 5.76 Å². The predicted molar refractivity (Wildman–Crippen MR) is 76.9 cm³/mol. The molecule has 1 aromatic rings. The first-order valence-corrected chi connectivity index (χ1v) is 7.11. The fourth-order valence-electron chi connectivity index (χ4n) is 2.85. The smallest absolute Gasteiger partial charge is 0.287 e. The SMILES string of the molecule is COCC1(CNC(=O)c2oc(C)cc2C)CCNCC1. The molecule has 0 unspecified atom stereocenters. The van der Waals surface area contributed by atoms with Crippen molar-refractivity contribution in [1.29, 1.82) is 0 Å². The van der Waals surface area contributed by atoms with Gasteiger partial charge in [0.05, 0.1) is 6.61 Å². The fourth-order valence-corrected chi connectivity index (χ4v) is 2.85. The summed E-state index contributed by atoms with van der Waals surface area (Å²) in [4.78, 5) is 12.2. The number of rotatable bonds is 5. The molecule has 1 aromatic heterocycles. The highest BCUT2D eigenvalue weighted by Gasteiger charge is 2.33. The number of hydrogen-bond donors (Lipinski definition) is 2. The lowest BCUT2D eigenvalue weighted by atomic mass is 9.79. The van der Waals surface area contributed by atoms with Gasteiger partial charge in [-0.3, -0.25) is 4.79 Å². The number of ether oxygens (including phenoxy) is 1. The van der Waals surface area contributed by atoms with Gasteiger partial charge in [0.25, 0.3) is 5.91 Å². The second-order valence-corrected chi connectivity index (χ2v) is 5.73. The molecule has 1 aliphatic rings. The van der Waals surface area contributed by atoms with Crippen LogP contribution in [-0.4, -0.2) is 39.3 Å². The first kappa shape index (κ1) is 15.1. The zero-order valence-corrected chi connectivity index (χ0v) is 12.5. The van der Waals surface area contributed by atoms with Crippen LogP contribution in [0.4, 0.5) is 0 Å². The van der Waals surface area contributed by atoms with Gasteiger partial charge in [-0.05, 0) is 45.8 Å². The summed E-state index contributed by atoms with van der Waals surface area (Å²) in [6.45, 7) is 6.98. The lowest BCUT2D eigenvalue weighted by molar-refractivity contribution is 0.0506. The zero-order valence-electron chi connectivity index (χ0n) is 12.5. The quantitative estimate of drug-likeness (QED) is 0.860. The average molecular weight is 280 g/mol. The monoisotopic (exact) mass is 280 g/mol. The predicted octanol–water partition coefficient (Wildman–Crippen LogP) is 1.64. The number of piperidine rings is 1. The molecule has 2 N–H and O–H groups in total. The van der Waals surface area contributed by atoms with E-state index in [1.54, 1.807) is 7.11 Å². The summed E-state index contributed by atoms with van der Waals surface area (Å²) in [6.07, 6.45) is 2.02. The van der Waals surface area contributed by atoms with Crippen molar-refractivity contribution in [3.8, 4) is 0 Å². The maximum atomic E-state index is 12.2. The Morgan fingerprint density at radius 1 is 1.45 bits per heavy atom. The van der Waals surface area contributed by atoms with Crippen LogP contribution in [0.5, 0.6) is 0 Å². The molecule has 0 radical (unpaired) electrons. The van der Waals surface area contributed by atoms with Crippen LogP contribution in [0.25, 0.3) is 0 Å². The molecule has 1 aliphatic heterocycles. The normalized spacial score (nSPS) is 17.9. The van der Waals surface area contributed by atoms with Crippen molar-refractivity contribution in [2.24, 2.45) is 5.41 Å². The van der Waals surface area contributed by atoms with Crippen molar-refractivity contribution in [3.05, 3.63) is 23.2 Å². The van der Waals surface area contributed by atoms with Crippen LogP contribution in [0.2, 0.25) is 0 Å². The van der Waals surface area contributed by atoms with Crippen molar-refractivity contribution in [3.63, 3.8) is 0 Å². The van der Waals surface area contributed by atoms with Crippen LogP contribution < -0.4 is 10.6 Å². The van der Waals surface area contributed by atoms with E-state index in [-0.39, 0.29) is 11.3 Å². The van der Waals surface area contributed by atoms with E-state index in [1.807, 2.05) is 19.9 Å². The van der Waals surface area contributed by atoms with Gasteiger partial charge < -0.3 is 19.8 Å². The molecule has 0 bridgehead atoms. The molecule has 0 saturated carbocycles. The molecule has 20 heavy (non-hydrogen) atoms. The van der Waals surface area contributed by atoms with Crippen molar-refractivity contribution < 1.29 is 13.9 Å². The molecule has 2 rings (SSSR count). The zero-order chi connectivity index (χ0) is 14.6. The number of hydrogen-bond acceptors (Lipinski definition) is 4. The number of amides is 1. The van der Waals surface area contributed by atoms with Crippen LogP contribution in [0.1, 0.15) is 34.7 Å². The Bertz CT molecular complexity index is 456. The van der Waals surface area contributed by atoms with Crippen LogP contribution in [0.15, 0.2) is 10.5 Å². The van der Waals surface area contributed by atoms with Crippen molar-refractivity contribution in [2.45, 2.75) is 26.7 Å². The molecule has 0 spiro atoms. The molecular formula is C15H24N2O3. The van der Waals surface area contributed by atoms with Crippen molar-refractivity contribution in [2.75, 3.05) is 33.4 Å². The average Bonchev–Trinajstić information content (AvgIpc) is 2.77. The number of carbonyl (C=O) groups is 1. The number of furan rings is 1. The Kier molecular flexibility index (Phi) is 4.83. The van der Waals surface area contributed by atoms with E-state index in [1.165, 1.54) is 0 Å². The molecule has 5 heteroatoms. The summed E-state index contributed by atoms with van der Waals surface area (Å²) in [6, 6.07) is 1.88. The van der Waals surface area contributed by atoms with Crippen LogP contribution in [-0.2, 0) is 4.74 Å². The van der Waals surface area contributed by atoms with E-state index < -0.39 is 0 Å². The van der Waals surface area contributed by atoms with Crippen molar-refractivity contribution >= 4 is 5.91 Å². The molecule has 0 aliphatic carbocycles. The summed E-state index contributed by atoms with van der Waals surface area (Å²) in [5, 5.41) is 6.35. The Morgan fingerprint density at radius 3 is 2.70 bits per heavy atom. The minimum atomic E-state index is -0.135. The van der Waals surface area contributed by atoms with Gasteiger partial charge in [-0.1, -0.05) is 0 Å². The number of methoxy groups -OCH3 is 1. The van der Waals surface area contributed by atoms with Gasteiger partial charge in [-0.25, -0.2) is 0 Å². The van der Waals surface area contributed by atoms with Gasteiger partial charge >= 0.3 is 0 Å². The Labute approximate surface area is 120 Å². The van der Waals surface area contributed by atoms with E-state index >= 15 is 0 Å². The van der Waals surface area contributed by atoms with E-state index in [0.29, 0.717) is 18.9 Å². The van der Waals surface area contributed by atoms with Gasteiger partial charge in [0, 0.05) is 24.6 Å². The van der Waals surface area contributed by atoms with Gasteiger partial charge in [-0.15, -0.1) is 0 Å². The highest BCUT2D eigenvalue weighted by Crippen LogP contribution is 2.28. The summed E-state index contributed by atoms with van der Waals surface area (Å²) < 4.78 is 10.8. The lowest BCUT2D eigenvalue weighted by Gasteiger charge is -2.37. The van der Waals surface area contributed by atoms with E-state index in [9.17, 15) is 4.79 Å². The maximum Gasteiger partial charge on any atom is 0.287 e. The number of nitrogens with one attached hydrogen (secondary N) is 2.